The molecule has 0 fully saturated rings. The lowest BCUT2D eigenvalue weighted by Crippen LogP contribution is -2.34. The number of ether oxygens (including phenoxy) is 3. The molecule has 160 valence electrons. The number of benzene rings is 2. The molecule has 0 bridgehead atoms. The van der Waals surface area contributed by atoms with Crippen molar-refractivity contribution in [2.45, 2.75) is 20.4 Å². The number of nitro benzene ring substituents is 1. The van der Waals surface area contributed by atoms with Gasteiger partial charge in [-0.25, -0.2) is 4.79 Å². The Balaban J connectivity index is 1.97. The molecule has 2 aromatic rings. The van der Waals surface area contributed by atoms with Gasteiger partial charge in [0, 0.05) is 25.2 Å². The van der Waals surface area contributed by atoms with Crippen LogP contribution in [0.25, 0.3) is 0 Å². The van der Waals surface area contributed by atoms with Gasteiger partial charge < -0.3 is 19.1 Å². The quantitative estimate of drug-likeness (QED) is 0.332. The molecule has 0 radical (unpaired) electrons. The van der Waals surface area contributed by atoms with Crippen molar-refractivity contribution in [1.29, 1.82) is 0 Å². The Labute approximate surface area is 174 Å². The predicted octanol–water partition coefficient (Wildman–Crippen LogP) is 3.21. The molecule has 0 aliphatic rings. The van der Waals surface area contributed by atoms with Gasteiger partial charge in [-0.3, -0.25) is 14.9 Å². The molecular formula is C21H24N2O7. The number of amides is 1. The van der Waals surface area contributed by atoms with Crippen LogP contribution >= 0.6 is 0 Å². The van der Waals surface area contributed by atoms with Crippen molar-refractivity contribution in [3.8, 4) is 11.5 Å². The maximum Gasteiger partial charge on any atom is 0.338 e. The lowest BCUT2D eigenvalue weighted by atomic mass is 10.2. The molecule has 2 rings (SSSR count). The second kappa shape index (κ2) is 10.8. The van der Waals surface area contributed by atoms with Gasteiger partial charge in [0.05, 0.1) is 24.2 Å². The van der Waals surface area contributed by atoms with Crippen LogP contribution in [-0.4, -0.2) is 48.6 Å². The highest BCUT2D eigenvalue weighted by atomic mass is 16.6. The Morgan fingerprint density at radius 3 is 2.33 bits per heavy atom. The fourth-order valence-corrected chi connectivity index (χ4v) is 2.70. The lowest BCUT2D eigenvalue weighted by Gasteiger charge is -2.21. The summed E-state index contributed by atoms with van der Waals surface area (Å²) in [5.74, 6) is 0.107. The average molecular weight is 416 g/mol. The summed E-state index contributed by atoms with van der Waals surface area (Å²) in [6.07, 6.45) is 0. The molecule has 0 aromatic heterocycles. The van der Waals surface area contributed by atoms with Crippen LogP contribution in [0, 0.1) is 10.1 Å². The monoisotopic (exact) mass is 416 g/mol. The molecule has 0 saturated heterocycles. The number of nitrogens with zero attached hydrogens (tertiary/aromatic N) is 2. The van der Waals surface area contributed by atoms with Crippen LogP contribution in [0.5, 0.6) is 11.5 Å². The topological polar surface area (TPSA) is 108 Å². The zero-order chi connectivity index (χ0) is 22.1. The van der Waals surface area contributed by atoms with E-state index < -0.39 is 17.5 Å². The SMILES string of the molecule is CCOc1ccc(CN(CC)C(=O)COC(=O)c2ccc([N+](=O)[O-])cc2)cc1OC. The van der Waals surface area contributed by atoms with E-state index in [4.69, 9.17) is 14.2 Å². The number of hydrogen-bond acceptors (Lipinski definition) is 7. The van der Waals surface area contributed by atoms with Gasteiger partial charge in [0.2, 0.25) is 0 Å². The van der Waals surface area contributed by atoms with Crippen molar-refractivity contribution >= 4 is 17.6 Å². The van der Waals surface area contributed by atoms with E-state index >= 15 is 0 Å². The van der Waals surface area contributed by atoms with Gasteiger partial charge in [-0.15, -0.1) is 0 Å². The first-order chi connectivity index (χ1) is 14.4. The highest BCUT2D eigenvalue weighted by molar-refractivity contribution is 5.91. The molecule has 9 heteroatoms. The minimum atomic E-state index is -0.725. The molecule has 0 aliphatic heterocycles. The summed E-state index contributed by atoms with van der Waals surface area (Å²) in [6, 6.07) is 10.4. The number of carbonyl (C=O) groups is 2. The van der Waals surface area contributed by atoms with E-state index in [1.807, 2.05) is 19.9 Å². The molecule has 0 spiro atoms. The Morgan fingerprint density at radius 2 is 1.77 bits per heavy atom. The Kier molecular flexibility index (Phi) is 8.16. The molecule has 1 amide bonds. The molecule has 30 heavy (non-hydrogen) atoms. The van der Waals surface area contributed by atoms with Gasteiger partial charge in [-0.2, -0.15) is 0 Å². The molecule has 0 atom stereocenters. The molecule has 9 nitrogen and oxygen atoms in total. The molecule has 0 N–H and O–H groups in total. The van der Waals surface area contributed by atoms with Crippen molar-refractivity contribution < 1.29 is 28.7 Å². The first-order valence-electron chi connectivity index (χ1n) is 9.38. The first-order valence-corrected chi connectivity index (χ1v) is 9.38. The van der Waals surface area contributed by atoms with Gasteiger partial charge >= 0.3 is 5.97 Å². The van der Waals surface area contributed by atoms with E-state index in [2.05, 4.69) is 0 Å². The van der Waals surface area contributed by atoms with Crippen molar-refractivity contribution in [3.05, 3.63) is 63.7 Å². The molecule has 0 unspecified atom stereocenters. The number of esters is 1. The van der Waals surface area contributed by atoms with Crippen LogP contribution in [0.3, 0.4) is 0 Å². The van der Waals surface area contributed by atoms with E-state index in [1.54, 1.807) is 19.2 Å². The summed E-state index contributed by atoms with van der Waals surface area (Å²) in [6.45, 7) is 4.51. The molecule has 0 heterocycles. The average Bonchev–Trinajstić information content (AvgIpc) is 2.76. The third-order valence-electron chi connectivity index (χ3n) is 4.28. The number of hydrogen-bond donors (Lipinski definition) is 0. The highest BCUT2D eigenvalue weighted by Gasteiger charge is 2.17. The van der Waals surface area contributed by atoms with E-state index in [1.165, 1.54) is 29.2 Å². The minimum Gasteiger partial charge on any atom is -0.493 e. The summed E-state index contributed by atoms with van der Waals surface area (Å²) in [5.41, 5.74) is 0.838. The number of methoxy groups -OCH3 is 1. The normalized spacial score (nSPS) is 10.2. The van der Waals surface area contributed by atoms with Crippen LogP contribution in [0.1, 0.15) is 29.8 Å². The standard InChI is InChI=1S/C21H24N2O7/c1-4-22(13-15-6-11-18(29-5-2)19(12-15)28-3)20(24)14-30-21(25)16-7-9-17(10-8-16)23(26)27/h6-12H,4-5,13-14H2,1-3H3. The Morgan fingerprint density at radius 1 is 1.07 bits per heavy atom. The van der Waals surface area contributed by atoms with Gasteiger partial charge in [0.1, 0.15) is 0 Å². The van der Waals surface area contributed by atoms with Crippen LogP contribution in [0.2, 0.25) is 0 Å². The van der Waals surface area contributed by atoms with Crippen LogP contribution < -0.4 is 9.47 Å². The van der Waals surface area contributed by atoms with Crippen molar-refractivity contribution in [2.75, 3.05) is 26.9 Å². The number of rotatable bonds is 10. The van der Waals surface area contributed by atoms with Gasteiger partial charge in [-0.05, 0) is 43.7 Å². The third-order valence-corrected chi connectivity index (χ3v) is 4.28. The number of carbonyl (C=O) groups excluding carboxylic acids is 2. The van der Waals surface area contributed by atoms with E-state index in [-0.39, 0.29) is 17.2 Å². The Hall–Kier alpha value is -3.62. The summed E-state index contributed by atoms with van der Waals surface area (Å²) in [4.78, 5) is 36.2. The number of non-ortho nitro benzene ring substituents is 1. The maximum atomic E-state index is 12.5. The van der Waals surface area contributed by atoms with E-state index in [0.717, 1.165) is 5.56 Å². The summed E-state index contributed by atoms with van der Waals surface area (Å²) in [7, 11) is 1.54. The maximum absolute atomic E-state index is 12.5. The molecule has 0 aliphatic carbocycles. The summed E-state index contributed by atoms with van der Waals surface area (Å²) < 4.78 is 15.9. The summed E-state index contributed by atoms with van der Waals surface area (Å²) in [5, 5.41) is 10.7. The molecule has 2 aromatic carbocycles. The zero-order valence-electron chi connectivity index (χ0n) is 17.1. The zero-order valence-corrected chi connectivity index (χ0v) is 17.1. The molecular weight excluding hydrogens is 392 g/mol. The fraction of sp³-hybridized carbons (Fsp3) is 0.333. The largest absolute Gasteiger partial charge is 0.493 e. The fourth-order valence-electron chi connectivity index (χ4n) is 2.70. The van der Waals surface area contributed by atoms with Crippen molar-refractivity contribution in [1.82, 2.24) is 4.90 Å². The minimum absolute atomic E-state index is 0.132. The second-order valence-electron chi connectivity index (χ2n) is 6.21. The number of likely N-dealkylation sites (N-methyl/N-ethyl adjacent to an activating group) is 1. The molecule has 0 saturated carbocycles. The number of nitro groups is 1. The van der Waals surface area contributed by atoms with Crippen LogP contribution in [-0.2, 0) is 16.1 Å². The smallest absolute Gasteiger partial charge is 0.338 e. The first kappa shape index (κ1) is 22.7. The third kappa shape index (κ3) is 5.94. The lowest BCUT2D eigenvalue weighted by molar-refractivity contribution is -0.384. The predicted molar refractivity (Wildman–Crippen MR) is 109 cm³/mol. The van der Waals surface area contributed by atoms with Crippen molar-refractivity contribution in [3.63, 3.8) is 0 Å². The van der Waals surface area contributed by atoms with Crippen LogP contribution in [0.15, 0.2) is 42.5 Å². The van der Waals surface area contributed by atoms with Crippen LogP contribution in [0.4, 0.5) is 5.69 Å². The Bertz CT molecular complexity index is 897. The summed E-state index contributed by atoms with van der Waals surface area (Å²) >= 11 is 0. The second-order valence-corrected chi connectivity index (χ2v) is 6.21. The van der Waals surface area contributed by atoms with E-state index in [9.17, 15) is 19.7 Å². The van der Waals surface area contributed by atoms with E-state index in [0.29, 0.717) is 31.2 Å². The van der Waals surface area contributed by atoms with Crippen molar-refractivity contribution in [2.24, 2.45) is 0 Å². The van der Waals surface area contributed by atoms with Gasteiger partial charge in [0.25, 0.3) is 11.6 Å². The van der Waals surface area contributed by atoms with Gasteiger partial charge in [0.15, 0.2) is 18.1 Å². The highest BCUT2D eigenvalue weighted by Crippen LogP contribution is 2.28. The van der Waals surface area contributed by atoms with Gasteiger partial charge in [-0.1, -0.05) is 6.07 Å².